The topological polar surface area (TPSA) is 52.4 Å². The molecule has 3 nitrogen and oxygen atoms in total. The Morgan fingerprint density at radius 2 is 1.47 bits per heavy atom. The number of phenolic OH excluding ortho intramolecular Hbond substituents is 1. The van der Waals surface area contributed by atoms with Crippen LogP contribution in [0.25, 0.3) is 0 Å². The molecule has 88 valence electrons. The van der Waals surface area contributed by atoms with Gasteiger partial charge in [-0.05, 0) is 12.1 Å². The zero-order valence-electron chi connectivity index (χ0n) is 9.39. The molecule has 0 aliphatic carbocycles. The Hall–Kier alpha value is -2.00. The summed E-state index contributed by atoms with van der Waals surface area (Å²) >= 11 is 0. The van der Waals surface area contributed by atoms with Gasteiger partial charge in [-0.3, -0.25) is 0 Å². The van der Waals surface area contributed by atoms with Crippen LogP contribution in [0, 0.1) is 0 Å². The van der Waals surface area contributed by atoms with Gasteiger partial charge in [-0.2, -0.15) is 0 Å². The van der Waals surface area contributed by atoms with E-state index in [1.54, 1.807) is 18.2 Å². The van der Waals surface area contributed by atoms with Crippen molar-refractivity contribution in [1.29, 1.82) is 0 Å². The minimum absolute atomic E-state index is 0.242. The number of ether oxygens (including phenoxy) is 1. The predicted molar refractivity (Wildman–Crippen MR) is 66.1 cm³/mol. The largest absolute Gasteiger partial charge is 0.593 e. The molecule has 0 atom stereocenters. The van der Waals surface area contributed by atoms with E-state index in [-0.39, 0.29) is 5.75 Å². The van der Waals surface area contributed by atoms with Crippen LogP contribution < -0.4 is 0 Å². The summed E-state index contributed by atoms with van der Waals surface area (Å²) in [5.41, 5.74) is 1.61. The number of rotatable bonds is 4. The summed E-state index contributed by atoms with van der Waals surface area (Å²) < 4.78 is 5.49. The number of phenols is 1. The average molecular weight is 231 g/mol. The summed E-state index contributed by atoms with van der Waals surface area (Å²) in [4.78, 5) is 0. The minimum Gasteiger partial charge on any atom is -0.593 e. The summed E-state index contributed by atoms with van der Waals surface area (Å²) in [6.07, 6.45) is 0. The molecular weight excluding hydrogens is 216 g/mol. The van der Waals surface area contributed by atoms with Crippen molar-refractivity contribution in [3.8, 4) is 11.5 Å². The third kappa shape index (κ3) is 2.98. The number of benzene rings is 2. The van der Waals surface area contributed by atoms with Crippen molar-refractivity contribution in [2.75, 3.05) is 0 Å². The van der Waals surface area contributed by atoms with Crippen molar-refractivity contribution in [3.63, 3.8) is 0 Å². The molecular formula is C14H15O3+. The first-order valence-corrected chi connectivity index (χ1v) is 5.41. The van der Waals surface area contributed by atoms with Crippen LogP contribution in [-0.2, 0) is 18.0 Å². The fraction of sp³-hybridized carbons (Fsp3) is 0.143. The van der Waals surface area contributed by atoms with Gasteiger partial charge in [0.2, 0.25) is 0 Å². The van der Waals surface area contributed by atoms with E-state index in [2.05, 4.69) is 0 Å². The van der Waals surface area contributed by atoms with Crippen molar-refractivity contribution in [2.24, 2.45) is 0 Å². The standard InChI is InChI=1S/C14H14O3/c15-13-7-3-1-5-11(13)9-17-10-12-6-2-4-8-14(12)16/h1-8,15-16H,9-10H2/p+1. The second kappa shape index (κ2) is 5.37. The molecule has 0 amide bonds. The third-order valence-corrected chi connectivity index (χ3v) is 2.52. The fourth-order valence-corrected chi connectivity index (χ4v) is 1.55. The molecule has 0 radical (unpaired) electrons. The van der Waals surface area contributed by atoms with E-state index in [1.165, 1.54) is 0 Å². The van der Waals surface area contributed by atoms with E-state index in [0.717, 1.165) is 11.1 Å². The van der Waals surface area contributed by atoms with Gasteiger partial charge in [-0.15, -0.1) is 0 Å². The van der Waals surface area contributed by atoms with Crippen LogP contribution in [0.5, 0.6) is 11.5 Å². The molecule has 0 bridgehead atoms. The van der Waals surface area contributed by atoms with Gasteiger partial charge in [-0.1, -0.05) is 30.3 Å². The number of hydrogen-bond donors (Lipinski definition) is 1. The summed E-state index contributed by atoms with van der Waals surface area (Å²) in [5, 5.41) is 17.2. The van der Waals surface area contributed by atoms with Gasteiger partial charge in [0, 0.05) is 11.6 Å². The maximum atomic E-state index is 9.55. The summed E-state index contributed by atoms with van der Waals surface area (Å²) in [6.45, 7) is 0.731. The van der Waals surface area contributed by atoms with E-state index in [0.29, 0.717) is 19.0 Å². The lowest BCUT2D eigenvalue weighted by Gasteiger charge is -2.06. The maximum absolute atomic E-state index is 9.55. The molecule has 3 heteroatoms. The smallest absolute Gasteiger partial charge is 0.259 e. The molecule has 0 aliphatic heterocycles. The minimum atomic E-state index is 0.242. The second-order valence-corrected chi connectivity index (χ2v) is 3.78. The van der Waals surface area contributed by atoms with Crippen LogP contribution >= 0.6 is 0 Å². The molecule has 2 aromatic rings. The highest BCUT2D eigenvalue weighted by atomic mass is 16.5. The van der Waals surface area contributed by atoms with Crippen LogP contribution in [0.1, 0.15) is 11.1 Å². The molecule has 0 aromatic heterocycles. The van der Waals surface area contributed by atoms with Crippen LogP contribution in [0.3, 0.4) is 0 Å². The quantitative estimate of drug-likeness (QED) is 0.822. The van der Waals surface area contributed by atoms with Crippen LogP contribution in [0.2, 0.25) is 0 Å². The molecule has 0 spiro atoms. The Kier molecular flexibility index (Phi) is 3.62. The lowest BCUT2D eigenvalue weighted by atomic mass is 10.2. The van der Waals surface area contributed by atoms with Gasteiger partial charge in [0.1, 0.15) is 5.75 Å². The molecule has 0 aliphatic rings. The predicted octanol–water partition coefficient (Wildman–Crippen LogP) is 2.55. The highest BCUT2D eigenvalue weighted by Gasteiger charge is 2.05. The van der Waals surface area contributed by atoms with Crippen molar-refractivity contribution in [3.05, 3.63) is 59.7 Å². The zero-order valence-corrected chi connectivity index (χ0v) is 9.39. The monoisotopic (exact) mass is 231 g/mol. The molecule has 0 unspecified atom stereocenters. The first-order chi connectivity index (χ1) is 8.27. The number of hydrogen-bond acceptors (Lipinski definition) is 2. The molecule has 0 saturated heterocycles. The fourth-order valence-electron chi connectivity index (χ4n) is 1.55. The number of para-hydroxylation sites is 2. The summed E-state index contributed by atoms with van der Waals surface area (Å²) in [5.74, 6) is 0.719. The third-order valence-electron chi connectivity index (χ3n) is 2.52. The van der Waals surface area contributed by atoms with Gasteiger partial charge in [0.05, 0.1) is 18.8 Å². The Morgan fingerprint density at radius 3 is 2.18 bits per heavy atom. The molecule has 0 heterocycles. The summed E-state index contributed by atoms with van der Waals surface area (Å²) in [7, 11) is 0. The second-order valence-electron chi connectivity index (χ2n) is 3.78. The van der Waals surface area contributed by atoms with Gasteiger partial charge in [-0.25, -0.2) is 0 Å². The molecule has 2 rings (SSSR count). The van der Waals surface area contributed by atoms with Crippen LogP contribution in [0.4, 0.5) is 0 Å². The molecule has 0 fully saturated rings. The van der Waals surface area contributed by atoms with E-state index in [4.69, 9.17) is 9.84 Å². The SMILES string of the molecule is Oc1ccccc1COCc1ccccc1[OH2+]. The Balaban J connectivity index is 1.93. The number of aromatic hydroxyl groups is 1. The van der Waals surface area contributed by atoms with Crippen LogP contribution in [-0.4, -0.2) is 10.2 Å². The highest BCUT2D eigenvalue weighted by molar-refractivity contribution is 5.32. The highest BCUT2D eigenvalue weighted by Crippen LogP contribution is 2.19. The average Bonchev–Trinajstić information content (AvgIpc) is 2.34. The summed E-state index contributed by atoms with van der Waals surface area (Å²) in [6, 6.07) is 14.4. The van der Waals surface area contributed by atoms with E-state index in [9.17, 15) is 5.11 Å². The Bertz CT molecular complexity index is 449. The van der Waals surface area contributed by atoms with Crippen LogP contribution in [0.15, 0.2) is 48.5 Å². The van der Waals surface area contributed by atoms with Crippen molar-refractivity contribution in [1.82, 2.24) is 0 Å². The Labute approximate surface area is 99.9 Å². The van der Waals surface area contributed by atoms with Gasteiger partial charge < -0.3 is 14.9 Å². The van der Waals surface area contributed by atoms with E-state index >= 15 is 0 Å². The van der Waals surface area contributed by atoms with Crippen molar-refractivity contribution < 1.29 is 14.9 Å². The van der Waals surface area contributed by atoms with Gasteiger partial charge in [0.15, 0.2) is 0 Å². The zero-order chi connectivity index (χ0) is 12.1. The molecule has 0 saturated carbocycles. The first kappa shape index (κ1) is 11.5. The van der Waals surface area contributed by atoms with E-state index < -0.39 is 0 Å². The molecule has 3 N–H and O–H groups in total. The molecule has 17 heavy (non-hydrogen) atoms. The maximum Gasteiger partial charge on any atom is 0.259 e. The Morgan fingerprint density at radius 1 is 0.882 bits per heavy atom. The van der Waals surface area contributed by atoms with Gasteiger partial charge in [0.25, 0.3) is 5.75 Å². The molecule has 2 aromatic carbocycles. The van der Waals surface area contributed by atoms with Gasteiger partial charge >= 0.3 is 0 Å². The van der Waals surface area contributed by atoms with E-state index in [1.807, 2.05) is 30.3 Å². The van der Waals surface area contributed by atoms with Crippen molar-refractivity contribution in [2.45, 2.75) is 13.2 Å². The first-order valence-electron chi connectivity index (χ1n) is 5.41. The lowest BCUT2D eigenvalue weighted by Crippen LogP contribution is -1.94. The lowest BCUT2D eigenvalue weighted by molar-refractivity contribution is 0.104. The van der Waals surface area contributed by atoms with Crippen molar-refractivity contribution >= 4 is 0 Å². The normalized spacial score (nSPS) is 10.4.